The SMILES string of the molecule is COc1ccccc1N1CCN(C(=O)C(N)c2ccccc2)CC1.Cl.Cl. The molecule has 7 heteroatoms. The van der Waals surface area contributed by atoms with Crippen molar-refractivity contribution in [2.45, 2.75) is 6.04 Å². The van der Waals surface area contributed by atoms with Gasteiger partial charge in [0.15, 0.2) is 0 Å². The number of hydrogen-bond acceptors (Lipinski definition) is 4. The van der Waals surface area contributed by atoms with E-state index in [1.165, 1.54) is 0 Å². The van der Waals surface area contributed by atoms with E-state index in [0.717, 1.165) is 30.1 Å². The van der Waals surface area contributed by atoms with Crippen LogP contribution in [-0.4, -0.2) is 44.1 Å². The fourth-order valence-corrected chi connectivity index (χ4v) is 3.06. The number of carbonyl (C=O) groups is 1. The van der Waals surface area contributed by atoms with Gasteiger partial charge in [0.25, 0.3) is 0 Å². The molecule has 0 saturated carbocycles. The van der Waals surface area contributed by atoms with Crippen LogP contribution in [0.2, 0.25) is 0 Å². The zero-order chi connectivity index (χ0) is 16.9. The molecule has 3 rings (SSSR count). The van der Waals surface area contributed by atoms with Gasteiger partial charge < -0.3 is 20.3 Å². The Morgan fingerprint density at radius 1 is 0.962 bits per heavy atom. The first-order valence-electron chi connectivity index (χ1n) is 8.18. The van der Waals surface area contributed by atoms with Crippen LogP contribution in [0.25, 0.3) is 0 Å². The van der Waals surface area contributed by atoms with Gasteiger partial charge in [-0.2, -0.15) is 0 Å². The van der Waals surface area contributed by atoms with Crippen LogP contribution >= 0.6 is 24.8 Å². The fraction of sp³-hybridized carbons (Fsp3) is 0.316. The van der Waals surface area contributed by atoms with Gasteiger partial charge in [-0.15, -0.1) is 24.8 Å². The minimum Gasteiger partial charge on any atom is -0.495 e. The monoisotopic (exact) mass is 397 g/mol. The van der Waals surface area contributed by atoms with E-state index in [1.807, 2.05) is 59.5 Å². The van der Waals surface area contributed by atoms with Gasteiger partial charge in [0.2, 0.25) is 5.91 Å². The summed E-state index contributed by atoms with van der Waals surface area (Å²) in [6.45, 7) is 2.87. The van der Waals surface area contributed by atoms with E-state index in [2.05, 4.69) is 4.90 Å². The van der Waals surface area contributed by atoms with E-state index in [-0.39, 0.29) is 30.7 Å². The van der Waals surface area contributed by atoms with E-state index < -0.39 is 6.04 Å². The summed E-state index contributed by atoms with van der Waals surface area (Å²) in [5, 5.41) is 0. The van der Waals surface area contributed by atoms with Crippen molar-refractivity contribution in [3.8, 4) is 5.75 Å². The largest absolute Gasteiger partial charge is 0.495 e. The molecule has 5 nitrogen and oxygen atoms in total. The van der Waals surface area contributed by atoms with Crippen LogP contribution in [0.1, 0.15) is 11.6 Å². The second-order valence-electron chi connectivity index (χ2n) is 5.87. The molecule has 1 fully saturated rings. The normalized spacial score (nSPS) is 14.7. The van der Waals surface area contributed by atoms with Crippen molar-refractivity contribution in [1.29, 1.82) is 0 Å². The lowest BCUT2D eigenvalue weighted by Gasteiger charge is -2.37. The van der Waals surface area contributed by atoms with E-state index >= 15 is 0 Å². The fourth-order valence-electron chi connectivity index (χ4n) is 3.06. The maximum atomic E-state index is 12.6. The molecule has 0 spiro atoms. The van der Waals surface area contributed by atoms with E-state index in [4.69, 9.17) is 10.5 Å². The number of nitrogens with two attached hydrogens (primary N) is 1. The predicted octanol–water partition coefficient (Wildman–Crippen LogP) is 2.89. The van der Waals surface area contributed by atoms with Crippen LogP contribution in [0.4, 0.5) is 5.69 Å². The molecule has 1 aliphatic rings. The summed E-state index contributed by atoms with van der Waals surface area (Å²) >= 11 is 0. The van der Waals surface area contributed by atoms with E-state index in [0.29, 0.717) is 13.1 Å². The Bertz CT molecular complexity index is 692. The van der Waals surface area contributed by atoms with Crippen molar-refractivity contribution >= 4 is 36.4 Å². The molecule has 1 amide bonds. The number of halogens is 2. The summed E-state index contributed by atoms with van der Waals surface area (Å²) in [7, 11) is 1.68. The van der Waals surface area contributed by atoms with Gasteiger partial charge in [0.05, 0.1) is 12.8 Å². The van der Waals surface area contributed by atoms with Crippen LogP contribution in [0, 0.1) is 0 Å². The van der Waals surface area contributed by atoms with Gasteiger partial charge in [-0.05, 0) is 17.7 Å². The molecule has 1 atom stereocenters. The van der Waals surface area contributed by atoms with E-state index in [1.54, 1.807) is 7.11 Å². The number of para-hydroxylation sites is 2. The quantitative estimate of drug-likeness (QED) is 0.861. The molecule has 142 valence electrons. The third kappa shape index (κ3) is 4.81. The first-order valence-corrected chi connectivity index (χ1v) is 8.18. The Hall–Kier alpha value is -1.95. The molecule has 0 aromatic heterocycles. The number of carbonyl (C=O) groups excluding carboxylic acids is 1. The standard InChI is InChI=1S/C19H23N3O2.2ClH/c1-24-17-10-6-5-9-16(17)21-11-13-22(14-12-21)19(23)18(20)15-7-3-2-4-8-15;;/h2-10,18H,11-14,20H2,1H3;2*1H. The highest BCUT2D eigenvalue weighted by atomic mass is 35.5. The molecule has 0 aliphatic carbocycles. The number of hydrogen-bond donors (Lipinski definition) is 1. The molecule has 1 saturated heterocycles. The highest BCUT2D eigenvalue weighted by molar-refractivity contribution is 5.85. The number of benzene rings is 2. The number of nitrogens with zero attached hydrogens (tertiary/aromatic N) is 2. The van der Waals surface area contributed by atoms with Crippen LogP contribution in [-0.2, 0) is 4.79 Å². The molecule has 1 unspecified atom stereocenters. The summed E-state index contributed by atoms with van der Waals surface area (Å²) in [5.74, 6) is 0.846. The molecule has 2 aromatic carbocycles. The number of methoxy groups -OCH3 is 1. The highest BCUT2D eigenvalue weighted by Gasteiger charge is 2.26. The number of ether oxygens (including phenoxy) is 1. The highest BCUT2D eigenvalue weighted by Crippen LogP contribution is 2.28. The van der Waals surface area contributed by atoms with Crippen LogP contribution in [0.3, 0.4) is 0 Å². The molecule has 26 heavy (non-hydrogen) atoms. The lowest BCUT2D eigenvalue weighted by Crippen LogP contribution is -2.51. The maximum absolute atomic E-state index is 12.6. The average Bonchev–Trinajstić information content (AvgIpc) is 2.67. The lowest BCUT2D eigenvalue weighted by molar-refractivity contribution is -0.133. The lowest BCUT2D eigenvalue weighted by atomic mass is 10.1. The zero-order valence-corrected chi connectivity index (χ0v) is 16.3. The van der Waals surface area contributed by atoms with Gasteiger partial charge in [-0.1, -0.05) is 42.5 Å². The summed E-state index contributed by atoms with van der Waals surface area (Å²) in [5.41, 5.74) is 8.06. The second kappa shape index (κ2) is 10.3. The van der Waals surface area contributed by atoms with Crippen LogP contribution < -0.4 is 15.4 Å². The van der Waals surface area contributed by atoms with Crippen molar-refractivity contribution in [3.05, 3.63) is 60.2 Å². The zero-order valence-electron chi connectivity index (χ0n) is 14.7. The number of rotatable bonds is 4. The molecule has 1 aliphatic heterocycles. The summed E-state index contributed by atoms with van der Waals surface area (Å²) in [6.07, 6.45) is 0. The molecule has 1 heterocycles. The Morgan fingerprint density at radius 2 is 1.54 bits per heavy atom. The van der Waals surface area contributed by atoms with Gasteiger partial charge in [-0.3, -0.25) is 4.79 Å². The minimum absolute atomic E-state index is 0. The van der Waals surface area contributed by atoms with Crippen molar-refractivity contribution in [2.24, 2.45) is 5.73 Å². The number of amides is 1. The van der Waals surface area contributed by atoms with E-state index in [9.17, 15) is 4.79 Å². The van der Waals surface area contributed by atoms with Crippen LogP contribution in [0.5, 0.6) is 5.75 Å². The third-order valence-corrected chi connectivity index (χ3v) is 4.44. The molecule has 2 aromatic rings. The van der Waals surface area contributed by atoms with Gasteiger partial charge in [-0.25, -0.2) is 0 Å². The topological polar surface area (TPSA) is 58.8 Å². The Labute approximate surface area is 166 Å². The summed E-state index contributed by atoms with van der Waals surface area (Å²) in [6, 6.07) is 16.9. The van der Waals surface area contributed by atoms with Crippen LogP contribution in [0.15, 0.2) is 54.6 Å². The Morgan fingerprint density at radius 3 is 2.15 bits per heavy atom. The molecule has 0 radical (unpaired) electrons. The number of piperazine rings is 1. The Balaban J connectivity index is 0.00000169. The average molecular weight is 398 g/mol. The van der Waals surface area contributed by atoms with Gasteiger partial charge >= 0.3 is 0 Å². The molecule has 2 N–H and O–H groups in total. The third-order valence-electron chi connectivity index (χ3n) is 4.44. The molecule has 0 bridgehead atoms. The molecular weight excluding hydrogens is 373 g/mol. The van der Waals surface area contributed by atoms with Crippen molar-refractivity contribution in [2.75, 3.05) is 38.2 Å². The second-order valence-corrected chi connectivity index (χ2v) is 5.87. The smallest absolute Gasteiger partial charge is 0.244 e. The summed E-state index contributed by atoms with van der Waals surface area (Å²) in [4.78, 5) is 16.7. The van der Waals surface area contributed by atoms with Crippen molar-refractivity contribution in [3.63, 3.8) is 0 Å². The minimum atomic E-state index is -0.594. The molecular formula is C19H25Cl2N3O2. The Kier molecular flexibility index (Phi) is 8.72. The van der Waals surface area contributed by atoms with Crippen molar-refractivity contribution < 1.29 is 9.53 Å². The van der Waals surface area contributed by atoms with Crippen molar-refractivity contribution in [1.82, 2.24) is 4.90 Å². The maximum Gasteiger partial charge on any atom is 0.244 e. The first-order chi connectivity index (χ1) is 11.7. The number of anilines is 1. The van der Waals surface area contributed by atoms with Gasteiger partial charge in [0, 0.05) is 26.2 Å². The summed E-state index contributed by atoms with van der Waals surface area (Å²) < 4.78 is 5.43. The van der Waals surface area contributed by atoms with Gasteiger partial charge in [0.1, 0.15) is 11.8 Å². The first kappa shape index (κ1) is 22.1. The predicted molar refractivity (Wildman–Crippen MR) is 110 cm³/mol.